The molecule has 25 heavy (non-hydrogen) atoms. The van der Waals surface area contributed by atoms with Crippen LogP contribution in [0.5, 0.6) is 5.75 Å². The summed E-state index contributed by atoms with van der Waals surface area (Å²) in [4.78, 5) is 17.6. The number of anilines is 1. The maximum atomic E-state index is 12.7. The zero-order valence-electron chi connectivity index (χ0n) is 13.5. The summed E-state index contributed by atoms with van der Waals surface area (Å²) in [5.74, 6) is -1.08. The first-order valence-electron chi connectivity index (χ1n) is 8.33. The SMILES string of the molecule is O=C(O)c1cnc2c(N3CCC4(CC3)CC4)cc(OC(F)F)cc2c1. The van der Waals surface area contributed by atoms with Crippen LogP contribution in [0.2, 0.25) is 0 Å². The molecule has 0 amide bonds. The number of piperidine rings is 1. The second-order valence-corrected chi connectivity index (χ2v) is 6.91. The minimum atomic E-state index is -2.93. The third-order valence-electron chi connectivity index (χ3n) is 5.33. The van der Waals surface area contributed by atoms with Gasteiger partial charge in [0.1, 0.15) is 5.75 Å². The van der Waals surface area contributed by atoms with E-state index in [4.69, 9.17) is 5.11 Å². The number of aromatic nitrogens is 1. The van der Waals surface area contributed by atoms with Crippen LogP contribution in [0.15, 0.2) is 24.4 Å². The molecular formula is C18H18F2N2O3. The monoisotopic (exact) mass is 348 g/mol. The van der Waals surface area contributed by atoms with E-state index in [2.05, 4.69) is 14.6 Å². The molecular weight excluding hydrogens is 330 g/mol. The molecule has 7 heteroatoms. The van der Waals surface area contributed by atoms with Gasteiger partial charge in [-0.3, -0.25) is 4.98 Å². The predicted molar refractivity (Wildman–Crippen MR) is 88.4 cm³/mol. The number of aromatic carboxylic acids is 1. The minimum Gasteiger partial charge on any atom is -0.478 e. The maximum Gasteiger partial charge on any atom is 0.387 e. The van der Waals surface area contributed by atoms with E-state index in [1.807, 2.05) is 0 Å². The van der Waals surface area contributed by atoms with Gasteiger partial charge in [-0.1, -0.05) is 0 Å². The van der Waals surface area contributed by atoms with E-state index in [-0.39, 0.29) is 11.3 Å². The molecule has 1 aliphatic heterocycles. The summed E-state index contributed by atoms with van der Waals surface area (Å²) in [5.41, 5.74) is 1.84. The second kappa shape index (κ2) is 5.82. The summed E-state index contributed by atoms with van der Waals surface area (Å²) in [7, 11) is 0. The van der Waals surface area contributed by atoms with Crippen LogP contribution in [-0.4, -0.2) is 35.8 Å². The van der Waals surface area contributed by atoms with Crippen molar-refractivity contribution in [3.05, 3.63) is 30.0 Å². The molecule has 4 rings (SSSR count). The number of halogens is 2. The third-order valence-corrected chi connectivity index (χ3v) is 5.33. The van der Waals surface area contributed by atoms with Crippen molar-refractivity contribution in [3.63, 3.8) is 0 Å². The number of fused-ring (bicyclic) bond motifs is 1. The van der Waals surface area contributed by atoms with E-state index < -0.39 is 12.6 Å². The Morgan fingerprint density at radius 2 is 1.92 bits per heavy atom. The Kier molecular flexibility index (Phi) is 3.74. The summed E-state index contributed by atoms with van der Waals surface area (Å²) in [6, 6.07) is 4.43. The highest BCUT2D eigenvalue weighted by Gasteiger charge is 2.44. The lowest BCUT2D eigenvalue weighted by atomic mass is 9.93. The van der Waals surface area contributed by atoms with Gasteiger partial charge in [-0.05, 0) is 43.2 Å². The molecule has 132 valence electrons. The van der Waals surface area contributed by atoms with E-state index in [0.29, 0.717) is 16.3 Å². The number of carboxylic acid groups (broad SMARTS) is 1. The first-order valence-corrected chi connectivity index (χ1v) is 8.33. The van der Waals surface area contributed by atoms with Crippen LogP contribution in [0.4, 0.5) is 14.5 Å². The quantitative estimate of drug-likeness (QED) is 0.907. The van der Waals surface area contributed by atoms with Gasteiger partial charge in [0.25, 0.3) is 0 Å². The van der Waals surface area contributed by atoms with Gasteiger partial charge < -0.3 is 14.7 Å². The van der Waals surface area contributed by atoms with Gasteiger partial charge in [0.05, 0.1) is 16.8 Å². The number of carboxylic acids is 1. The molecule has 2 fully saturated rings. The molecule has 1 saturated heterocycles. The molecule has 1 aliphatic carbocycles. The lowest BCUT2D eigenvalue weighted by Crippen LogP contribution is -2.34. The van der Waals surface area contributed by atoms with Crippen molar-refractivity contribution >= 4 is 22.6 Å². The predicted octanol–water partition coefficient (Wildman–Crippen LogP) is 3.91. The number of alkyl halides is 2. The Bertz CT molecular complexity index is 826. The molecule has 0 atom stereocenters. The van der Waals surface area contributed by atoms with Crippen molar-refractivity contribution in [2.24, 2.45) is 5.41 Å². The lowest BCUT2D eigenvalue weighted by Gasteiger charge is -2.34. The van der Waals surface area contributed by atoms with Crippen LogP contribution in [-0.2, 0) is 0 Å². The van der Waals surface area contributed by atoms with Gasteiger partial charge in [-0.2, -0.15) is 8.78 Å². The molecule has 2 aliphatic rings. The fraction of sp³-hybridized carbons (Fsp3) is 0.444. The van der Waals surface area contributed by atoms with Crippen LogP contribution in [0, 0.1) is 5.41 Å². The largest absolute Gasteiger partial charge is 0.478 e. The van der Waals surface area contributed by atoms with Gasteiger partial charge >= 0.3 is 12.6 Å². The number of pyridine rings is 1. The summed E-state index contributed by atoms with van der Waals surface area (Å²) >= 11 is 0. The van der Waals surface area contributed by atoms with Crippen molar-refractivity contribution in [3.8, 4) is 5.75 Å². The molecule has 0 bridgehead atoms. The van der Waals surface area contributed by atoms with Gasteiger partial charge in [-0.15, -0.1) is 0 Å². The smallest absolute Gasteiger partial charge is 0.387 e. The third kappa shape index (κ3) is 3.10. The van der Waals surface area contributed by atoms with Crippen molar-refractivity contribution in [2.45, 2.75) is 32.3 Å². The molecule has 1 aromatic heterocycles. The van der Waals surface area contributed by atoms with Crippen molar-refractivity contribution < 1.29 is 23.4 Å². The van der Waals surface area contributed by atoms with E-state index in [1.165, 1.54) is 31.2 Å². The fourth-order valence-electron chi connectivity index (χ4n) is 3.63. The molecule has 5 nitrogen and oxygen atoms in total. The minimum absolute atomic E-state index is 0.0169. The van der Waals surface area contributed by atoms with E-state index in [9.17, 15) is 13.6 Å². The van der Waals surface area contributed by atoms with Crippen molar-refractivity contribution in [1.29, 1.82) is 0 Å². The summed E-state index contributed by atoms with van der Waals surface area (Å²) in [6.07, 6.45) is 6.02. The van der Waals surface area contributed by atoms with Crippen LogP contribution in [0.3, 0.4) is 0 Å². The topological polar surface area (TPSA) is 62.7 Å². The van der Waals surface area contributed by atoms with Crippen LogP contribution >= 0.6 is 0 Å². The highest BCUT2D eigenvalue weighted by molar-refractivity contribution is 5.97. The van der Waals surface area contributed by atoms with Crippen LogP contribution in [0.25, 0.3) is 10.9 Å². The zero-order valence-corrected chi connectivity index (χ0v) is 13.5. The van der Waals surface area contributed by atoms with Gasteiger partial charge in [-0.25, -0.2) is 4.79 Å². The number of nitrogens with zero attached hydrogens (tertiary/aromatic N) is 2. The van der Waals surface area contributed by atoms with Crippen LogP contribution < -0.4 is 9.64 Å². The molecule has 1 saturated carbocycles. The standard InChI is InChI=1S/C18H18F2N2O3/c19-17(20)25-13-8-11-7-12(16(23)24)10-21-15(11)14(9-13)22-5-3-18(1-2-18)4-6-22/h7-10,17H,1-6H2,(H,23,24). The fourth-order valence-corrected chi connectivity index (χ4v) is 3.63. The second-order valence-electron chi connectivity index (χ2n) is 6.91. The highest BCUT2D eigenvalue weighted by atomic mass is 19.3. The van der Waals surface area contributed by atoms with Gasteiger partial charge in [0.15, 0.2) is 0 Å². The first-order chi connectivity index (χ1) is 12.0. The Morgan fingerprint density at radius 1 is 1.20 bits per heavy atom. The highest BCUT2D eigenvalue weighted by Crippen LogP contribution is 2.54. The average molecular weight is 348 g/mol. The molecule has 0 radical (unpaired) electrons. The van der Waals surface area contributed by atoms with E-state index in [0.717, 1.165) is 31.6 Å². The van der Waals surface area contributed by atoms with E-state index >= 15 is 0 Å². The number of carbonyl (C=O) groups is 1. The summed E-state index contributed by atoms with van der Waals surface area (Å²) in [6.45, 7) is -1.25. The summed E-state index contributed by atoms with van der Waals surface area (Å²) in [5, 5.41) is 9.63. The number of ether oxygens (including phenoxy) is 1. The number of benzene rings is 1. The normalized spacial score (nSPS) is 18.8. The Labute approximate surface area is 143 Å². The van der Waals surface area contributed by atoms with Crippen molar-refractivity contribution in [1.82, 2.24) is 4.98 Å². The zero-order chi connectivity index (χ0) is 17.6. The Morgan fingerprint density at radius 3 is 2.52 bits per heavy atom. The lowest BCUT2D eigenvalue weighted by molar-refractivity contribution is -0.0497. The van der Waals surface area contributed by atoms with E-state index in [1.54, 1.807) is 6.07 Å². The number of rotatable bonds is 4. The molecule has 2 heterocycles. The average Bonchev–Trinajstić information content (AvgIpc) is 3.33. The Balaban J connectivity index is 1.75. The first kappa shape index (κ1) is 16.1. The number of hydrogen-bond donors (Lipinski definition) is 1. The van der Waals surface area contributed by atoms with Gasteiger partial charge in [0.2, 0.25) is 0 Å². The summed E-state index contributed by atoms with van der Waals surface area (Å²) < 4.78 is 29.9. The molecule has 2 aromatic rings. The molecule has 1 spiro atoms. The molecule has 0 unspecified atom stereocenters. The van der Waals surface area contributed by atoms with Crippen molar-refractivity contribution in [2.75, 3.05) is 18.0 Å². The van der Waals surface area contributed by atoms with Gasteiger partial charge in [0, 0.05) is 30.7 Å². The molecule has 1 N–H and O–H groups in total. The number of hydrogen-bond acceptors (Lipinski definition) is 4. The Hall–Kier alpha value is -2.44. The maximum absolute atomic E-state index is 12.7. The molecule has 1 aromatic carbocycles. The van der Waals surface area contributed by atoms with Crippen LogP contribution in [0.1, 0.15) is 36.0 Å².